The predicted octanol–water partition coefficient (Wildman–Crippen LogP) is 2.91. The van der Waals surface area contributed by atoms with E-state index < -0.39 is 0 Å². The molecule has 0 N–H and O–H groups in total. The van der Waals surface area contributed by atoms with Crippen molar-refractivity contribution in [2.45, 2.75) is 25.7 Å². The standard InChI is InChI=1S/C23H29FN4O2/c24-20-3-4-21(23-22(20)25-5-6-26-23)28-13-16(11-18(14-28)17-1-2-17)12-19(29)15-27-7-9-30-10-8-27/h3-6,16-18H,1-2,7-15H2. The van der Waals surface area contributed by atoms with Gasteiger partial charge in [-0.25, -0.2) is 9.37 Å². The van der Waals surface area contributed by atoms with Crippen LogP contribution >= 0.6 is 0 Å². The number of hydrogen-bond donors (Lipinski definition) is 0. The van der Waals surface area contributed by atoms with Crippen LogP contribution < -0.4 is 4.90 Å². The Hall–Kier alpha value is -2.12. The van der Waals surface area contributed by atoms with Gasteiger partial charge in [0.05, 0.1) is 25.4 Å². The van der Waals surface area contributed by atoms with Crippen molar-refractivity contribution in [1.29, 1.82) is 0 Å². The Morgan fingerprint density at radius 2 is 1.83 bits per heavy atom. The number of Topliss-reactive ketones (excluding diaryl/α,β-unsaturated/α-hetero) is 1. The van der Waals surface area contributed by atoms with E-state index in [0.717, 1.165) is 44.2 Å². The second-order valence-electron chi connectivity index (χ2n) is 9.06. The summed E-state index contributed by atoms with van der Waals surface area (Å²) in [6, 6.07) is 3.32. The fourth-order valence-electron chi connectivity index (χ4n) is 5.16. The first kappa shape index (κ1) is 19.8. The van der Waals surface area contributed by atoms with E-state index in [1.54, 1.807) is 6.20 Å². The number of halogens is 1. The highest BCUT2D eigenvalue weighted by Crippen LogP contribution is 2.44. The number of benzene rings is 1. The number of anilines is 1. The minimum absolute atomic E-state index is 0.321. The molecule has 3 heterocycles. The molecule has 7 heteroatoms. The molecule has 6 nitrogen and oxygen atoms in total. The summed E-state index contributed by atoms with van der Waals surface area (Å²) in [6.45, 7) is 5.41. The van der Waals surface area contributed by atoms with E-state index in [1.165, 1.54) is 25.1 Å². The van der Waals surface area contributed by atoms with Crippen molar-refractivity contribution < 1.29 is 13.9 Å². The molecule has 2 saturated heterocycles. The monoisotopic (exact) mass is 412 g/mol. The molecular formula is C23H29FN4O2. The quantitative estimate of drug-likeness (QED) is 0.727. The van der Waals surface area contributed by atoms with Crippen LogP contribution in [0.1, 0.15) is 25.7 Å². The van der Waals surface area contributed by atoms with Crippen LogP contribution in [0.4, 0.5) is 10.1 Å². The molecule has 0 radical (unpaired) electrons. The summed E-state index contributed by atoms with van der Waals surface area (Å²) in [5.41, 5.74) is 1.88. The minimum atomic E-state index is -0.338. The van der Waals surface area contributed by atoms with Crippen molar-refractivity contribution >= 4 is 22.5 Å². The van der Waals surface area contributed by atoms with Crippen LogP contribution in [0.25, 0.3) is 11.0 Å². The second kappa shape index (κ2) is 8.55. The predicted molar refractivity (Wildman–Crippen MR) is 113 cm³/mol. The number of nitrogens with zero attached hydrogens (tertiary/aromatic N) is 4. The summed E-state index contributed by atoms with van der Waals surface area (Å²) < 4.78 is 19.6. The molecule has 5 rings (SSSR count). The lowest BCUT2D eigenvalue weighted by Gasteiger charge is -2.40. The topological polar surface area (TPSA) is 58.6 Å². The van der Waals surface area contributed by atoms with Gasteiger partial charge in [-0.2, -0.15) is 0 Å². The van der Waals surface area contributed by atoms with Crippen LogP contribution in [-0.2, 0) is 9.53 Å². The third-order valence-corrected chi connectivity index (χ3v) is 6.77. The number of ether oxygens (including phenoxy) is 1. The molecule has 0 spiro atoms. The highest BCUT2D eigenvalue weighted by atomic mass is 19.1. The number of hydrogen-bond acceptors (Lipinski definition) is 6. The van der Waals surface area contributed by atoms with Crippen molar-refractivity contribution in [3.05, 3.63) is 30.3 Å². The summed E-state index contributed by atoms with van der Waals surface area (Å²) in [7, 11) is 0. The van der Waals surface area contributed by atoms with Gasteiger partial charge in [-0.15, -0.1) is 0 Å². The number of carbonyl (C=O) groups is 1. The molecule has 0 bridgehead atoms. The smallest absolute Gasteiger partial charge is 0.151 e. The van der Waals surface area contributed by atoms with Crippen LogP contribution in [0.15, 0.2) is 24.5 Å². The van der Waals surface area contributed by atoms with Crippen molar-refractivity contribution in [3.63, 3.8) is 0 Å². The van der Waals surface area contributed by atoms with Crippen LogP contribution in [0.2, 0.25) is 0 Å². The number of morpholine rings is 1. The maximum atomic E-state index is 14.2. The molecule has 2 aliphatic heterocycles. The molecule has 1 aromatic heterocycles. The Bertz CT molecular complexity index is 913. The van der Waals surface area contributed by atoms with Gasteiger partial charge in [-0.05, 0) is 49.1 Å². The summed E-state index contributed by atoms with van der Waals surface area (Å²) in [6.07, 6.45) is 7.46. The first-order chi connectivity index (χ1) is 14.7. The normalized spacial score (nSPS) is 25.6. The second-order valence-corrected chi connectivity index (χ2v) is 9.06. The van der Waals surface area contributed by atoms with Gasteiger partial charge in [0, 0.05) is 45.0 Å². The van der Waals surface area contributed by atoms with Crippen LogP contribution in [-0.4, -0.2) is 66.6 Å². The lowest BCUT2D eigenvalue weighted by atomic mass is 9.83. The van der Waals surface area contributed by atoms with E-state index in [1.807, 2.05) is 6.07 Å². The SMILES string of the molecule is O=C(CC1CC(C2CC2)CN(c2ccc(F)c3nccnc23)C1)CN1CCOCC1. The number of rotatable bonds is 6. The largest absolute Gasteiger partial charge is 0.379 e. The molecule has 160 valence electrons. The Balaban J connectivity index is 1.33. The van der Waals surface area contributed by atoms with E-state index in [2.05, 4.69) is 19.8 Å². The molecule has 2 unspecified atom stereocenters. The van der Waals surface area contributed by atoms with Crippen LogP contribution in [0.3, 0.4) is 0 Å². The van der Waals surface area contributed by atoms with Crippen LogP contribution in [0.5, 0.6) is 0 Å². The van der Waals surface area contributed by atoms with Gasteiger partial charge in [-0.1, -0.05) is 0 Å². The molecule has 3 fully saturated rings. The van der Waals surface area contributed by atoms with Gasteiger partial charge in [-0.3, -0.25) is 14.7 Å². The lowest BCUT2D eigenvalue weighted by Crippen LogP contribution is -2.44. The molecule has 1 aromatic carbocycles. The van der Waals surface area contributed by atoms with Crippen molar-refractivity contribution in [3.8, 4) is 0 Å². The number of aromatic nitrogens is 2. The minimum Gasteiger partial charge on any atom is -0.379 e. The molecule has 3 aliphatic rings. The Morgan fingerprint density at radius 3 is 2.60 bits per heavy atom. The van der Waals surface area contributed by atoms with Crippen molar-refractivity contribution in [2.24, 2.45) is 17.8 Å². The van der Waals surface area contributed by atoms with Gasteiger partial charge in [0.2, 0.25) is 0 Å². The average molecular weight is 413 g/mol. The third kappa shape index (κ3) is 4.32. The summed E-state index contributed by atoms with van der Waals surface area (Å²) in [4.78, 5) is 26.0. The van der Waals surface area contributed by atoms with Gasteiger partial charge < -0.3 is 9.64 Å². The lowest BCUT2D eigenvalue weighted by molar-refractivity contribution is -0.122. The molecule has 2 aromatic rings. The van der Waals surface area contributed by atoms with E-state index >= 15 is 0 Å². The first-order valence-electron chi connectivity index (χ1n) is 11.1. The highest BCUT2D eigenvalue weighted by Gasteiger charge is 2.38. The zero-order valence-electron chi connectivity index (χ0n) is 17.3. The van der Waals surface area contributed by atoms with E-state index in [9.17, 15) is 9.18 Å². The van der Waals surface area contributed by atoms with Crippen LogP contribution in [0, 0.1) is 23.6 Å². The zero-order chi connectivity index (χ0) is 20.5. The Labute approximate surface area is 176 Å². The molecular weight excluding hydrogens is 383 g/mol. The number of carbonyl (C=O) groups excluding carboxylic acids is 1. The van der Waals surface area contributed by atoms with Gasteiger partial charge in [0.1, 0.15) is 16.8 Å². The zero-order valence-corrected chi connectivity index (χ0v) is 17.3. The maximum Gasteiger partial charge on any atom is 0.151 e. The van der Waals surface area contributed by atoms with Crippen molar-refractivity contribution in [2.75, 3.05) is 50.8 Å². The Kier molecular flexibility index (Phi) is 5.65. The summed E-state index contributed by atoms with van der Waals surface area (Å²) >= 11 is 0. The van der Waals surface area contributed by atoms with E-state index in [4.69, 9.17) is 4.74 Å². The van der Waals surface area contributed by atoms with Crippen molar-refractivity contribution in [1.82, 2.24) is 14.9 Å². The third-order valence-electron chi connectivity index (χ3n) is 6.77. The molecule has 2 atom stereocenters. The van der Waals surface area contributed by atoms with E-state index in [0.29, 0.717) is 54.8 Å². The highest BCUT2D eigenvalue weighted by molar-refractivity contribution is 5.88. The summed E-state index contributed by atoms with van der Waals surface area (Å²) in [5, 5.41) is 0. The fourth-order valence-corrected chi connectivity index (χ4v) is 5.16. The molecule has 30 heavy (non-hydrogen) atoms. The molecule has 0 amide bonds. The first-order valence-corrected chi connectivity index (χ1v) is 11.1. The Morgan fingerprint density at radius 1 is 1.07 bits per heavy atom. The van der Waals surface area contributed by atoms with Gasteiger partial charge in [0.15, 0.2) is 5.82 Å². The number of ketones is 1. The molecule has 1 saturated carbocycles. The number of piperidine rings is 1. The fraction of sp³-hybridized carbons (Fsp3) is 0.609. The van der Waals surface area contributed by atoms with Gasteiger partial charge in [0.25, 0.3) is 0 Å². The van der Waals surface area contributed by atoms with Gasteiger partial charge >= 0.3 is 0 Å². The summed E-state index contributed by atoms with van der Waals surface area (Å²) in [5.74, 6) is 1.67. The average Bonchev–Trinajstić information content (AvgIpc) is 3.60. The number of fused-ring (bicyclic) bond motifs is 1. The maximum absolute atomic E-state index is 14.2. The van der Waals surface area contributed by atoms with E-state index in [-0.39, 0.29) is 5.82 Å². The molecule has 1 aliphatic carbocycles.